The fraction of sp³-hybridized carbons (Fsp3) is 0.357. The average molecular weight is 466 g/mol. The fourth-order valence-electron chi connectivity index (χ4n) is 4.54. The fourth-order valence-corrected chi connectivity index (χ4v) is 4.54. The van der Waals surface area contributed by atoms with Gasteiger partial charge in [-0.2, -0.15) is 0 Å². The van der Waals surface area contributed by atoms with Crippen LogP contribution in [-0.4, -0.2) is 99.7 Å². The highest BCUT2D eigenvalue weighted by molar-refractivity contribution is 6.29. The largest absolute Gasteiger partial charge is 0.481 e. The Balaban J connectivity index is 5.11. The molecule has 9 N–H and O–H groups in total. The molecule has 0 aromatic carbocycles. The van der Waals surface area contributed by atoms with E-state index in [0.29, 0.717) is 0 Å². The quantitative estimate of drug-likeness (QED) is 0.148. The van der Waals surface area contributed by atoms with E-state index < -0.39 is 81.3 Å². The Morgan fingerprint density at radius 3 is 0.656 bits per heavy atom. The average Bonchev–Trinajstić information content (AvgIpc) is 2.85. The molecule has 0 atom stereocenters. The van der Waals surface area contributed by atoms with Crippen molar-refractivity contribution in [1.82, 2.24) is 0 Å². The number of carboxylic acid groups (broad SMARTS) is 9. The molecule has 0 bridgehead atoms. The Morgan fingerprint density at radius 2 is 0.562 bits per heavy atom. The summed E-state index contributed by atoms with van der Waals surface area (Å²) >= 11 is 0. The Bertz CT molecular complexity index is 885. The predicted octanol–water partition coefficient (Wildman–Crippen LogP) is -3.68. The Labute approximate surface area is 171 Å². The first-order valence-corrected chi connectivity index (χ1v) is 7.47. The third-order valence-corrected chi connectivity index (χ3v) is 5.49. The van der Waals surface area contributed by atoms with Crippen LogP contribution >= 0.6 is 0 Å². The molecular formula is C14H10O18. The third kappa shape index (κ3) is 1.99. The van der Waals surface area contributed by atoms with Gasteiger partial charge in [0, 0.05) is 0 Å². The molecule has 0 radical (unpaired) electrons. The van der Waals surface area contributed by atoms with Crippen LogP contribution in [0.5, 0.6) is 0 Å². The zero-order valence-electron chi connectivity index (χ0n) is 14.8. The number of carbonyl (C=O) groups is 9. The van der Waals surface area contributed by atoms with Crippen molar-refractivity contribution in [2.24, 2.45) is 27.6 Å². The molecule has 0 amide bonds. The van der Waals surface area contributed by atoms with Crippen LogP contribution in [0.2, 0.25) is 0 Å². The Hall–Kier alpha value is -4.77. The van der Waals surface area contributed by atoms with Crippen LogP contribution in [0.1, 0.15) is 0 Å². The van der Waals surface area contributed by atoms with Gasteiger partial charge >= 0.3 is 53.7 Å². The minimum absolute atomic E-state index is 3.14. The van der Waals surface area contributed by atoms with Crippen molar-refractivity contribution >= 4 is 53.7 Å². The maximum atomic E-state index is 12.1. The van der Waals surface area contributed by atoms with Gasteiger partial charge in [0.25, 0.3) is 0 Å². The minimum atomic E-state index is -5.45. The third-order valence-electron chi connectivity index (χ3n) is 5.49. The van der Waals surface area contributed by atoms with Crippen molar-refractivity contribution in [2.45, 2.75) is 0 Å². The molecule has 0 aliphatic heterocycles. The van der Waals surface area contributed by atoms with E-state index in [4.69, 9.17) is 0 Å². The number of aliphatic carboxylic acids is 9. The van der Waals surface area contributed by atoms with Crippen LogP contribution in [0, 0.1) is 27.6 Å². The first kappa shape index (κ1) is 25.3. The van der Waals surface area contributed by atoms with Crippen LogP contribution in [-0.2, 0) is 43.2 Å². The van der Waals surface area contributed by atoms with E-state index in [1.807, 2.05) is 0 Å². The second-order valence-electron chi connectivity index (χ2n) is 6.33. The van der Waals surface area contributed by atoms with Gasteiger partial charge in [0.05, 0.1) is 0 Å². The Morgan fingerprint density at radius 1 is 0.375 bits per heavy atom. The topological polar surface area (TPSA) is 336 Å². The lowest BCUT2D eigenvalue weighted by molar-refractivity contribution is -0.215. The van der Waals surface area contributed by atoms with Gasteiger partial charge in [-0.1, -0.05) is 0 Å². The van der Waals surface area contributed by atoms with E-state index in [9.17, 15) is 89.1 Å². The van der Waals surface area contributed by atoms with Gasteiger partial charge in [0.1, 0.15) is 5.92 Å². The highest BCUT2D eigenvalue weighted by Crippen LogP contribution is 2.74. The molecule has 32 heavy (non-hydrogen) atoms. The summed E-state index contributed by atoms with van der Waals surface area (Å²) in [6.07, 6.45) is 0. The van der Waals surface area contributed by atoms with Crippen molar-refractivity contribution in [3.63, 3.8) is 0 Å². The highest BCUT2D eigenvalue weighted by atomic mass is 16.4. The number of carboxylic acids is 9. The SMILES string of the molecule is O=C(O)C1C(C(=O)O)(C(=O)O)C(C(=O)O)(C(=O)O)C(C(=O)O)(C(=O)O)C1(C(=O)O)C(=O)O. The number of hydrogen-bond donors (Lipinski definition) is 9. The molecule has 0 heterocycles. The van der Waals surface area contributed by atoms with E-state index >= 15 is 0 Å². The lowest BCUT2D eigenvalue weighted by Crippen LogP contribution is -2.71. The molecule has 1 fully saturated rings. The maximum Gasteiger partial charge on any atom is 0.324 e. The summed E-state index contributed by atoms with van der Waals surface area (Å²) in [6.45, 7) is 0. The summed E-state index contributed by atoms with van der Waals surface area (Å²) in [4.78, 5) is 108. The van der Waals surface area contributed by atoms with E-state index in [0.717, 1.165) is 0 Å². The molecule has 0 aromatic heterocycles. The first-order chi connectivity index (χ1) is 14.4. The van der Waals surface area contributed by atoms with Crippen LogP contribution in [0.25, 0.3) is 0 Å². The van der Waals surface area contributed by atoms with Gasteiger partial charge < -0.3 is 46.0 Å². The molecular weight excluding hydrogens is 456 g/mol. The molecule has 0 aromatic rings. The maximum absolute atomic E-state index is 12.1. The van der Waals surface area contributed by atoms with Crippen molar-refractivity contribution in [2.75, 3.05) is 0 Å². The highest BCUT2D eigenvalue weighted by Gasteiger charge is 3.03. The second kappa shape index (κ2) is 6.89. The predicted molar refractivity (Wildman–Crippen MR) is 81.9 cm³/mol. The lowest BCUT2D eigenvalue weighted by Gasteiger charge is -2.41. The number of hydrogen-bond acceptors (Lipinski definition) is 9. The summed E-state index contributed by atoms with van der Waals surface area (Å²) in [6, 6.07) is 0. The zero-order chi connectivity index (χ0) is 25.8. The molecule has 0 saturated heterocycles. The molecule has 1 aliphatic carbocycles. The Kier molecular flexibility index (Phi) is 5.44. The van der Waals surface area contributed by atoms with Crippen LogP contribution in [0.3, 0.4) is 0 Å². The van der Waals surface area contributed by atoms with Crippen LogP contribution in [0.4, 0.5) is 0 Å². The van der Waals surface area contributed by atoms with Crippen molar-refractivity contribution in [3.05, 3.63) is 0 Å². The summed E-state index contributed by atoms with van der Waals surface area (Å²) in [5.74, 6) is -34.7. The van der Waals surface area contributed by atoms with E-state index in [-0.39, 0.29) is 0 Å². The summed E-state index contributed by atoms with van der Waals surface area (Å²) in [7, 11) is 0. The molecule has 0 spiro atoms. The molecule has 174 valence electrons. The lowest BCUT2D eigenvalue weighted by atomic mass is 9.51. The normalized spacial score (nSPS) is 19.9. The van der Waals surface area contributed by atoms with Gasteiger partial charge in [0.15, 0.2) is 0 Å². The number of rotatable bonds is 9. The standard InChI is InChI=1S/C14H10O18/c15-2(16)1-11(3(17)18,4(19)20)13(7(25)26,8(27)28)14(9(29)30,10(31)32)12(1,5(21)22)6(23)24/h1H,(H,15,16)(H,17,18)(H,19,20)(H,21,22)(H,23,24)(H,25,26)(H,27,28)(H,29,30)(H,31,32). The molecule has 1 saturated carbocycles. The molecule has 18 nitrogen and oxygen atoms in total. The van der Waals surface area contributed by atoms with Gasteiger partial charge in [-0.25, -0.2) is 0 Å². The summed E-state index contributed by atoms with van der Waals surface area (Å²) in [5, 5.41) is 85.9. The first-order valence-electron chi connectivity index (χ1n) is 7.47. The summed E-state index contributed by atoms with van der Waals surface area (Å²) in [5.41, 5.74) is -21.3. The zero-order valence-corrected chi connectivity index (χ0v) is 14.8. The van der Waals surface area contributed by atoms with E-state index in [1.54, 1.807) is 0 Å². The minimum Gasteiger partial charge on any atom is -0.481 e. The smallest absolute Gasteiger partial charge is 0.324 e. The van der Waals surface area contributed by atoms with Gasteiger partial charge in [0.2, 0.25) is 21.7 Å². The van der Waals surface area contributed by atoms with Crippen molar-refractivity contribution < 1.29 is 89.1 Å². The molecule has 0 unspecified atom stereocenters. The monoisotopic (exact) mass is 466 g/mol. The second-order valence-corrected chi connectivity index (χ2v) is 6.33. The van der Waals surface area contributed by atoms with Gasteiger partial charge in [-0.3, -0.25) is 43.2 Å². The molecule has 1 aliphatic rings. The van der Waals surface area contributed by atoms with Crippen molar-refractivity contribution in [1.29, 1.82) is 0 Å². The van der Waals surface area contributed by atoms with Crippen LogP contribution in [0.15, 0.2) is 0 Å². The van der Waals surface area contributed by atoms with E-state index in [1.165, 1.54) is 0 Å². The van der Waals surface area contributed by atoms with Crippen molar-refractivity contribution in [3.8, 4) is 0 Å². The molecule has 18 heteroatoms. The van der Waals surface area contributed by atoms with E-state index in [2.05, 4.69) is 0 Å². The van der Waals surface area contributed by atoms with Gasteiger partial charge in [-0.15, -0.1) is 0 Å². The van der Waals surface area contributed by atoms with Gasteiger partial charge in [-0.05, 0) is 0 Å². The molecule has 1 rings (SSSR count). The summed E-state index contributed by atoms with van der Waals surface area (Å²) < 4.78 is 0. The van der Waals surface area contributed by atoms with Crippen LogP contribution < -0.4 is 0 Å².